The van der Waals surface area contributed by atoms with Gasteiger partial charge in [0.1, 0.15) is 5.65 Å². The third kappa shape index (κ3) is 2.15. The predicted octanol–water partition coefficient (Wildman–Crippen LogP) is 2.03. The van der Waals surface area contributed by atoms with Crippen LogP contribution < -0.4 is 10.2 Å². The van der Waals surface area contributed by atoms with Crippen molar-refractivity contribution in [3.05, 3.63) is 43.0 Å². The van der Waals surface area contributed by atoms with Gasteiger partial charge in [0, 0.05) is 67.5 Å². The normalized spacial score (nSPS) is 15.5. The van der Waals surface area contributed by atoms with Crippen LogP contribution in [-0.2, 0) is 0 Å². The number of aromatic amines is 1. The number of aromatic nitrogens is 3. The molecule has 1 saturated heterocycles. The maximum atomic E-state index is 4.55. The van der Waals surface area contributed by atoms with E-state index in [9.17, 15) is 0 Å². The summed E-state index contributed by atoms with van der Waals surface area (Å²) in [7, 11) is 0. The van der Waals surface area contributed by atoms with Crippen molar-refractivity contribution in [2.75, 3.05) is 31.1 Å². The summed E-state index contributed by atoms with van der Waals surface area (Å²) in [6, 6.07) is 6.17. The molecule has 3 aromatic rings. The van der Waals surface area contributed by atoms with E-state index in [4.69, 9.17) is 0 Å². The summed E-state index contributed by atoms with van der Waals surface area (Å²) in [5.74, 6) is 0. The summed E-state index contributed by atoms with van der Waals surface area (Å²) in [5.41, 5.74) is 4.46. The first-order valence-corrected chi connectivity index (χ1v) is 7.25. The van der Waals surface area contributed by atoms with E-state index in [1.54, 1.807) is 6.20 Å². The van der Waals surface area contributed by atoms with E-state index in [1.165, 1.54) is 11.1 Å². The Labute approximate surface area is 123 Å². The molecular weight excluding hydrogens is 262 g/mol. The second kappa shape index (κ2) is 5.18. The Kier molecular flexibility index (Phi) is 3.05. The molecule has 5 heteroatoms. The SMILES string of the molecule is c1cncc(-c2cnc3[nH]ccc3c2N2CCNCC2)c1. The lowest BCUT2D eigenvalue weighted by Gasteiger charge is -2.31. The number of fused-ring (bicyclic) bond motifs is 1. The molecule has 5 nitrogen and oxygen atoms in total. The van der Waals surface area contributed by atoms with Crippen LogP contribution in [0.3, 0.4) is 0 Å². The Balaban J connectivity index is 1.93. The minimum atomic E-state index is 0.941. The van der Waals surface area contributed by atoms with Crippen molar-refractivity contribution in [3.63, 3.8) is 0 Å². The minimum absolute atomic E-state index is 0.941. The van der Waals surface area contributed by atoms with Crippen LogP contribution in [-0.4, -0.2) is 41.1 Å². The number of nitrogens with zero attached hydrogens (tertiary/aromatic N) is 3. The van der Waals surface area contributed by atoms with Crippen LogP contribution in [0.2, 0.25) is 0 Å². The third-order valence-electron chi connectivity index (χ3n) is 3.96. The summed E-state index contributed by atoms with van der Waals surface area (Å²) in [6.45, 7) is 4.05. The zero-order valence-electron chi connectivity index (χ0n) is 11.7. The fourth-order valence-electron chi connectivity index (χ4n) is 2.96. The number of anilines is 1. The van der Waals surface area contributed by atoms with Gasteiger partial charge in [0.15, 0.2) is 0 Å². The van der Waals surface area contributed by atoms with Gasteiger partial charge in [0.2, 0.25) is 0 Å². The Morgan fingerprint density at radius 1 is 1.10 bits per heavy atom. The van der Waals surface area contributed by atoms with E-state index >= 15 is 0 Å². The smallest absolute Gasteiger partial charge is 0.139 e. The topological polar surface area (TPSA) is 56.8 Å². The highest BCUT2D eigenvalue weighted by molar-refractivity contribution is 5.98. The third-order valence-corrected chi connectivity index (χ3v) is 3.96. The Bertz CT molecular complexity index is 744. The largest absolute Gasteiger partial charge is 0.368 e. The molecule has 1 aliphatic rings. The van der Waals surface area contributed by atoms with Crippen molar-refractivity contribution >= 4 is 16.7 Å². The average molecular weight is 279 g/mol. The molecule has 0 radical (unpaired) electrons. The quantitative estimate of drug-likeness (QED) is 0.753. The van der Waals surface area contributed by atoms with Gasteiger partial charge in [-0.1, -0.05) is 6.07 Å². The molecule has 0 saturated carbocycles. The Morgan fingerprint density at radius 2 is 2.00 bits per heavy atom. The van der Waals surface area contributed by atoms with Crippen LogP contribution in [0.25, 0.3) is 22.2 Å². The Hall–Kier alpha value is -2.40. The fraction of sp³-hybridized carbons (Fsp3) is 0.250. The summed E-state index contributed by atoms with van der Waals surface area (Å²) in [5, 5.41) is 4.59. The van der Waals surface area contributed by atoms with Gasteiger partial charge in [0.25, 0.3) is 0 Å². The first-order chi connectivity index (χ1) is 10.4. The zero-order chi connectivity index (χ0) is 14.1. The van der Waals surface area contributed by atoms with E-state index < -0.39 is 0 Å². The molecule has 0 aromatic carbocycles. The molecule has 3 aromatic heterocycles. The fourth-order valence-corrected chi connectivity index (χ4v) is 2.96. The molecule has 0 atom stereocenters. The number of rotatable bonds is 2. The molecule has 21 heavy (non-hydrogen) atoms. The van der Waals surface area contributed by atoms with Crippen LogP contribution in [0, 0.1) is 0 Å². The molecule has 0 unspecified atom stereocenters. The monoisotopic (exact) mass is 279 g/mol. The van der Waals surface area contributed by atoms with Crippen LogP contribution in [0.15, 0.2) is 43.0 Å². The van der Waals surface area contributed by atoms with Crippen molar-refractivity contribution in [2.24, 2.45) is 0 Å². The molecule has 2 N–H and O–H groups in total. The van der Waals surface area contributed by atoms with Crippen molar-refractivity contribution in [1.82, 2.24) is 20.3 Å². The van der Waals surface area contributed by atoms with Gasteiger partial charge < -0.3 is 15.2 Å². The van der Waals surface area contributed by atoms with Crippen LogP contribution in [0.1, 0.15) is 0 Å². The maximum Gasteiger partial charge on any atom is 0.139 e. The number of piperazine rings is 1. The summed E-state index contributed by atoms with van der Waals surface area (Å²) in [6.07, 6.45) is 7.61. The minimum Gasteiger partial charge on any atom is -0.368 e. The molecule has 0 amide bonds. The van der Waals surface area contributed by atoms with Gasteiger partial charge >= 0.3 is 0 Å². The molecule has 0 spiro atoms. The van der Waals surface area contributed by atoms with Gasteiger partial charge in [-0.15, -0.1) is 0 Å². The zero-order valence-corrected chi connectivity index (χ0v) is 11.7. The van der Waals surface area contributed by atoms with Crippen molar-refractivity contribution in [1.29, 1.82) is 0 Å². The first-order valence-electron chi connectivity index (χ1n) is 7.25. The highest BCUT2D eigenvalue weighted by atomic mass is 15.2. The van der Waals surface area contributed by atoms with Gasteiger partial charge in [-0.05, 0) is 12.1 Å². The Morgan fingerprint density at radius 3 is 2.81 bits per heavy atom. The lowest BCUT2D eigenvalue weighted by atomic mass is 10.0. The molecule has 0 bridgehead atoms. The van der Waals surface area contributed by atoms with E-state index in [2.05, 4.69) is 37.3 Å². The second-order valence-corrected chi connectivity index (χ2v) is 5.24. The number of hydrogen-bond acceptors (Lipinski definition) is 4. The summed E-state index contributed by atoms with van der Waals surface area (Å²) >= 11 is 0. The molecule has 1 fully saturated rings. The van der Waals surface area contributed by atoms with Crippen molar-refractivity contribution < 1.29 is 0 Å². The van der Waals surface area contributed by atoms with Gasteiger partial charge in [-0.3, -0.25) is 4.98 Å². The van der Waals surface area contributed by atoms with Crippen molar-refractivity contribution in [3.8, 4) is 11.1 Å². The molecular formula is C16H17N5. The highest BCUT2D eigenvalue weighted by Crippen LogP contribution is 2.35. The van der Waals surface area contributed by atoms with E-state index in [0.717, 1.165) is 43.0 Å². The van der Waals surface area contributed by atoms with Gasteiger partial charge in [-0.2, -0.15) is 0 Å². The standard InChI is InChI=1S/C16H17N5/c1-2-12(10-18-4-1)14-11-20-16-13(3-5-19-16)15(14)21-8-6-17-7-9-21/h1-5,10-11,17H,6-9H2,(H,19,20). The van der Waals surface area contributed by atoms with E-state index in [0.29, 0.717) is 0 Å². The first kappa shape index (κ1) is 12.3. The van der Waals surface area contributed by atoms with E-state index in [1.807, 2.05) is 24.7 Å². The maximum absolute atomic E-state index is 4.55. The van der Waals surface area contributed by atoms with E-state index in [-0.39, 0.29) is 0 Å². The van der Waals surface area contributed by atoms with Crippen LogP contribution >= 0.6 is 0 Å². The molecule has 4 rings (SSSR count). The molecule has 0 aliphatic carbocycles. The number of H-pyrrole nitrogens is 1. The molecule has 1 aliphatic heterocycles. The summed E-state index contributed by atoms with van der Waals surface area (Å²) < 4.78 is 0. The average Bonchev–Trinajstić information content (AvgIpc) is 3.04. The second-order valence-electron chi connectivity index (χ2n) is 5.24. The molecule has 106 valence electrons. The highest BCUT2D eigenvalue weighted by Gasteiger charge is 2.19. The van der Waals surface area contributed by atoms with Crippen molar-refractivity contribution in [2.45, 2.75) is 0 Å². The molecule has 4 heterocycles. The van der Waals surface area contributed by atoms with Gasteiger partial charge in [0.05, 0.1) is 5.69 Å². The summed E-state index contributed by atoms with van der Waals surface area (Å²) in [4.78, 5) is 14.4. The number of hydrogen-bond donors (Lipinski definition) is 2. The predicted molar refractivity (Wildman–Crippen MR) is 84.4 cm³/mol. The lowest BCUT2D eigenvalue weighted by molar-refractivity contribution is 0.590. The van der Waals surface area contributed by atoms with Crippen LogP contribution in [0.5, 0.6) is 0 Å². The number of nitrogens with one attached hydrogen (secondary N) is 2. The van der Waals surface area contributed by atoms with Gasteiger partial charge in [-0.25, -0.2) is 4.98 Å². The lowest BCUT2D eigenvalue weighted by Crippen LogP contribution is -2.43. The van der Waals surface area contributed by atoms with Crippen LogP contribution in [0.4, 0.5) is 5.69 Å². The number of pyridine rings is 2.